The molecule has 3 heteroatoms. The second kappa shape index (κ2) is 3.09. The van der Waals surface area contributed by atoms with Crippen molar-refractivity contribution in [3.05, 3.63) is 29.8 Å². The Morgan fingerprint density at radius 3 is 3.00 bits per heavy atom. The number of hydrogen-bond acceptors (Lipinski definition) is 2. The first-order valence-corrected chi connectivity index (χ1v) is 5.24. The van der Waals surface area contributed by atoms with E-state index in [9.17, 15) is 4.55 Å². The van der Waals surface area contributed by atoms with Gasteiger partial charge >= 0.3 is 0 Å². The summed E-state index contributed by atoms with van der Waals surface area (Å²) in [6.07, 6.45) is 0.989. The molecule has 0 saturated heterocycles. The molecule has 2 atom stereocenters. The summed E-state index contributed by atoms with van der Waals surface area (Å²) in [4.78, 5) is 0.948. The first-order valence-electron chi connectivity index (χ1n) is 4.09. The molecular weight excluding hydrogens is 170 g/mol. The van der Waals surface area contributed by atoms with Crippen molar-refractivity contribution in [3.63, 3.8) is 0 Å². The van der Waals surface area contributed by atoms with Gasteiger partial charge in [0.15, 0.2) is 4.90 Å². The first kappa shape index (κ1) is 8.10. The molecule has 2 nitrogen and oxygen atoms in total. The van der Waals surface area contributed by atoms with Gasteiger partial charge in [-0.2, -0.15) is 0 Å². The monoisotopic (exact) mass is 181 g/mol. The Balaban J connectivity index is 2.43. The van der Waals surface area contributed by atoms with Gasteiger partial charge in [0.2, 0.25) is 0 Å². The van der Waals surface area contributed by atoms with Crippen molar-refractivity contribution in [1.29, 1.82) is 0 Å². The van der Waals surface area contributed by atoms with Crippen molar-refractivity contribution in [2.24, 2.45) is 0 Å². The molecule has 0 aliphatic carbocycles. The van der Waals surface area contributed by atoms with Crippen LogP contribution in [-0.4, -0.2) is 4.55 Å². The second-order valence-corrected chi connectivity index (χ2v) is 4.10. The summed E-state index contributed by atoms with van der Waals surface area (Å²) in [6, 6.07) is 8.17. The van der Waals surface area contributed by atoms with Crippen LogP contribution in [0.4, 0.5) is 0 Å². The molecular formula is C9H11NOS. The number of rotatable bonds is 1. The smallest absolute Gasteiger partial charge is 0.178 e. The van der Waals surface area contributed by atoms with Gasteiger partial charge in [-0.05, 0) is 12.5 Å². The average Bonchev–Trinajstić information content (AvgIpc) is 2.44. The number of benzene rings is 1. The summed E-state index contributed by atoms with van der Waals surface area (Å²) in [5, 5.41) is 0. The molecule has 1 aliphatic heterocycles. The second-order valence-electron chi connectivity index (χ2n) is 2.89. The third-order valence-corrected chi connectivity index (χ3v) is 3.42. The van der Waals surface area contributed by atoms with Crippen LogP contribution >= 0.6 is 0 Å². The van der Waals surface area contributed by atoms with Gasteiger partial charge in [0.1, 0.15) is 0 Å². The molecule has 0 spiro atoms. The summed E-state index contributed by atoms with van der Waals surface area (Å²) in [5.74, 6) is 0. The molecule has 2 rings (SSSR count). The third-order valence-electron chi connectivity index (χ3n) is 2.15. The summed E-state index contributed by atoms with van der Waals surface area (Å²) < 4.78 is 14.5. The highest BCUT2D eigenvalue weighted by Crippen LogP contribution is 2.31. The van der Waals surface area contributed by atoms with Crippen molar-refractivity contribution in [1.82, 2.24) is 4.72 Å². The molecule has 1 aromatic carbocycles. The van der Waals surface area contributed by atoms with E-state index in [2.05, 4.69) is 11.6 Å². The first-order chi connectivity index (χ1) is 5.83. The average molecular weight is 181 g/mol. The molecule has 0 fully saturated rings. The zero-order valence-electron chi connectivity index (χ0n) is 6.91. The van der Waals surface area contributed by atoms with Crippen LogP contribution in [-0.2, 0) is 11.4 Å². The molecule has 1 aromatic rings. The number of hydrogen-bond donors (Lipinski definition) is 1. The molecule has 0 amide bonds. The molecule has 64 valence electrons. The van der Waals surface area contributed by atoms with Crippen LogP contribution in [0.2, 0.25) is 0 Å². The lowest BCUT2D eigenvalue weighted by atomic mass is 10.1. The molecule has 0 aromatic heterocycles. The summed E-state index contributed by atoms with van der Waals surface area (Å²) >= 11 is -0.978. The SMILES string of the molecule is CCC1N[S+]([O-])c2ccccc21. The Kier molecular flexibility index (Phi) is 2.09. The van der Waals surface area contributed by atoms with Crippen LogP contribution in [0.5, 0.6) is 0 Å². The van der Waals surface area contributed by atoms with Crippen LogP contribution in [0.3, 0.4) is 0 Å². The molecule has 2 unspecified atom stereocenters. The summed E-state index contributed by atoms with van der Waals surface area (Å²) in [5.41, 5.74) is 1.19. The van der Waals surface area contributed by atoms with Gasteiger partial charge in [-0.1, -0.05) is 25.1 Å². The van der Waals surface area contributed by atoms with Crippen molar-refractivity contribution in [3.8, 4) is 0 Å². The molecule has 1 N–H and O–H groups in total. The zero-order chi connectivity index (χ0) is 8.55. The molecule has 1 aliphatic rings. The minimum absolute atomic E-state index is 0.280. The minimum atomic E-state index is -0.978. The van der Waals surface area contributed by atoms with Gasteiger partial charge in [0.05, 0.1) is 17.4 Å². The highest BCUT2D eigenvalue weighted by molar-refractivity contribution is 7.89. The van der Waals surface area contributed by atoms with E-state index in [1.807, 2.05) is 24.3 Å². The Bertz CT molecular complexity index is 290. The van der Waals surface area contributed by atoms with Crippen molar-refractivity contribution in [2.45, 2.75) is 24.3 Å². The molecule has 0 radical (unpaired) electrons. The Hall–Kier alpha value is -0.510. The minimum Gasteiger partial charge on any atom is -0.593 e. The number of fused-ring (bicyclic) bond motifs is 1. The molecule has 0 saturated carbocycles. The van der Waals surface area contributed by atoms with E-state index >= 15 is 0 Å². The van der Waals surface area contributed by atoms with Gasteiger partial charge < -0.3 is 4.55 Å². The predicted molar refractivity (Wildman–Crippen MR) is 49.0 cm³/mol. The standard InChI is InChI=1S/C9H11NOS/c1-2-8-7-5-3-4-6-9(7)12(11)10-8/h3-6,8,10H,2H2,1H3. The number of nitrogens with one attached hydrogen (secondary N) is 1. The van der Waals surface area contributed by atoms with Crippen molar-refractivity contribution in [2.75, 3.05) is 0 Å². The van der Waals surface area contributed by atoms with E-state index in [4.69, 9.17) is 0 Å². The Morgan fingerprint density at radius 2 is 2.25 bits per heavy atom. The Labute approximate surface area is 75.3 Å². The maximum Gasteiger partial charge on any atom is 0.178 e. The Morgan fingerprint density at radius 1 is 1.50 bits per heavy atom. The summed E-state index contributed by atoms with van der Waals surface area (Å²) in [7, 11) is 0. The van der Waals surface area contributed by atoms with Crippen LogP contribution < -0.4 is 4.72 Å². The largest absolute Gasteiger partial charge is 0.593 e. The van der Waals surface area contributed by atoms with Gasteiger partial charge in [-0.3, -0.25) is 0 Å². The lowest BCUT2D eigenvalue weighted by Crippen LogP contribution is -2.18. The fourth-order valence-corrected chi connectivity index (χ4v) is 2.80. The quantitative estimate of drug-likeness (QED) is 0.670. The maximum atomic E-state index is 11.4. The van der Waals surface area contributed by atoms with Crippen LogP contribution in [0, 0.1) is 0 Å². The molecule has 0 bridgehead atoms. The van der Waals surface area contributed by atoms with E-state index < -0.39 is 11.4 Å². The van der Waals surface area contributed by atoms with Gasteiger partial charge in [0.25, 0.3) is 0 Å². The lowest BCUT2D eigenvalue weighted by molar-refractivity contribution is 0.570. The van der Waals surface area contributed by atoms with E-state index in [0.29, 0.717) is 0 Å². The highest BCUT2D eigenvalue weighted by atomic mass is 32.2. The topological polar surface area (TPSA) is 35.1 Å². The van der Waals surface area contributed by atoms with Gasteiger partial charge in [-0.25, -0.2) is 0 Å². The van der Waals surface area contributed by atoms with Gasteiger partial charge in [-0.15, -0.1) is 4.72 Å². The molecule has 12 heavy (non-hydrogen) atoms. The van der Waals surface area contributed by atoms with E-state index in [1.54, 1.807) is 0 Å². The molecule has 1 heterocycles. The van der Waals surface area contributed by atoms with Crippen molar-refractivity contribution >= 4 is 11.4 Å². The predicted octanol–water partition coefficient (Wildman–Crippen LogP) is 1.76. The van der Waals surface area contributed by atoms with E-state index in [1.165, 1.54) is 5.56 Å². The van der Waals surface area contributed by atoms with Crippen LogP contribution in [0.15, 0.2) is 29.2 Å². The van der Waals surface area contributed by atoms with E-state index in [0.717, 1.165) is 11.3 Å². The third kappa shape index (κ3) is 1.14. The van der Waals surface area contributed by atoms with Crippen LogP contribution in [0.25, 0.3) is 0 Å². The maximum absolute atomic E-state index is 11.4. The fraction of sp³-hybridized carbons (Fsp3) is 0.333. The van der Waals surface area contributed by atoms with Crippen LogP contribution in [0.1, 0.15) is 24.9 Å². The van der Waals surface area contributed by atoms with E-state index in [-0.39, 0.29) is 6.04 Å². The highest BCUT2D eigenvalue weighted by Gasteiger charge is 2.31. The lowest BCUT2D eigenvalue weighted by Gasteiger charge is -2.04. The normalized spacial score (nSPS) is 27.2. The van der Waals surface area contributed by atoms with Crippen molar-refractivity contribution < 1.29 is 4.55 Å². The fourth-order valence-electron chi connectivity index (χ4n) is 1.50. The zero-order valence-corrected chi connectivity index (χ0v) is 7.73. The summed E-state index contributed by atoms with van der Waals surface area (Å²) in [6.45, 7) is 2.09. The van der Waals surface area contributed by atoms with Gasteiger partial charge in [0, 0.05) is 5.56 Å².